The molecule has 0 heterocycles. The van der Waals surface area contributed by atoms with Crippen molar-refractivity contribution in [3.8, 4) is 5.75 Å². The van der Waals surface area contributed by atoms with Gasteiger partial charge in [0.1, 0.15) is 12.5 Å². The SMILES string of the molecule is NCOc1ccc(F)c(F)c1. The van der Waals surface area contributed by atoms with E-state index in [-0.39, 0.29) is 12.5 Å². The minimum atomic E-state index is -0.934. The maximum Gasteiger partial charge on any atom is 0.162 e. The fourth-order valence-corrected chi connectivity index (χ4v) is 0.663. The van der Waals surface area contributed by atoms with E-state index in [0.29, 0.717) is 0 Å². The van der Waals surface area contributed by atoms with Gasteiger partial charge in [-0.3, -0.25) is 5.73 Å². The molecule has 0 aliphatic heterocycles. The van der Waals surface area contributed by atoms with Crippen LogP contribution in [0, 0.1) is 11.6 Å². The third-order valence-corrected chi connectivity index (χ3v) is 1.14. The molecule has 0 atom stereocenters. The Balaban J connectivity index is 2.86. The van der Waals surface area contributed by atoms with Crippen molar-refractivity contribution < 1.29 is 13.5 Å². The zero-order chi connectivity index (χ0) is 8.27. The molecule has 11 heavy (non-hydrogen) atoms. The molecule has 0 spiro atoms. The molecule has 1 aromatic rings. The van der Waals surface area contributed by atoms with E-state index >= 15 is 0 Å². The van der Waals surface area contributed by atoms with E-state index in [1.807, 2.05) is 0 Å². The number of hydrogen-bond acceptors (Lipinski definition) is 2. The van der Waals surface area contributed by atoms with Crippen LogP contribution in [-0.4, -0.2) is 6.73 Å². The van der Waals surface area contributed by atoms with Crippen molar-refractivity contribution in [3.63, 3.8) is 0 Å². The summed E-state index contributed by atoms with van der Waals surface area (Å²) < 4.78 is 29.4. The van der Waals surface area contributed by atoms with Gasteiger partial charge in [-0.25, -0.2) is 8.78 Å². The average molecular weight is 159 g/mol. The van der Waals surface area contributed by atoms with Gasteiger partial charge < -0.3 is 4.74 Å². The lowest BCUT2D eigenvalue weighted by Crippen LogP contribution is -2.07. The first-order valence-electron chi connectivity index (χ1n) is 3.02. The third-order valence-electron chi connectivity index (χ3n) is 1.14. The molecule has 0 aliphatic carbocycles. The standard InChI is InChI=1S/C7H7F2NO/c8-6-2-1-5(11-4-10)3-7(6)9/h1-3H,4,10H2. The summed E-state index contributed by atoms with van der Waals surface area (Å²) in [6, 6.07) is 3.24. The van der Waals surface area contributed by atoms with E-state index in [1.54, 1.807) is 0 Å². The van der Waals surface area contributed by atoms with Crippen LogP contribution < -0.4 is 10.5 Å². The summed E-state index contributed by atoms with van der Waals surface area (Å²) in [4.78, 5) is 0. The molecule has 2 N–H and O–H groups in total. The minimum Gasteiger partial charge on any atom is -0.478 e. The van der Waals surface area contributed by atoms with Crippen molar-refractivity contribution in [3.05, 3.63) is 29.8 Å². The second kappa shape index (κ2) is 3.30. The van der Waals surface area contributed by atoms with E-state index in [0.717, 1.165) is 12.1 Å². The van der Waals surface area contributed by atoms with E-state index < -0.39 is 11.6 Å². The maximum atomic E-state index is 12.4. The Hall–Kier alpha value is -1.16. The monoisotopic (exact) mass is 159 g/mol. The van der Waals surface area contributed by atoms with E-state index in [2.05, 4.69) is 0 Å². The Morgan fingerprint density at radius 3 is 2.55 bits per heavy atom. The van der Waals surface area contributed by atoms with Crippen molar-refractivity contribution in [2.45, 2.75) is 0 Å². The molecule has 0 radical (unpaired) electrons. The highest BCUT2D eigenvalue weighted by molar-refractivity contribution is 5.23. The molecule has 1 rings (SSSR count). The molecule has 1 aromatic carbocycles. The van der Waals surface area contributed by atoms with Crippen molar-refractivity contribution in [2.75, 3.05) is 6.73 Å². The second-order valence-electron chi connectivity index (χ2n) is 1.89. The van der Waals surface area contributed by atoms with Gasteiger partial charge in [0.2, 0.25) is 0 Å². The summed E-state index contributed by atoms with van der Waals surface area (Å²) in [6.45, 7) is -0.0505. The van der Waals surface area contributed by atoms with Crippen molar-refractivity contribution in [1.82, 2.24) is 0 Å². The summed E-state index contributed by atoms with van der Waals surface area (Å²) in [6.07, 6.45) is 0. The summed E-state index contributed by atoms with van der Waals surface area (Å²) in [7, 11) is 0. The number of benzene rings is 1. The molecule has 0 amide bonds. The first kappa shape index (κ1) is 7.94. The highest BCUT2D eigenvalue weighted by atomic mass is 19.2. The summed E-state index contributed by atoms with van der Waals surface area (Å²) >= 11 is 0. The largest absolute Gasteiger partial charge is 0.478 e. The summed E-state index contributed by atoms with van der Waals surface area (Å²) in [5, 5.41) is 0. The van der Waals surface area contributed by atoms with Crippen LogP contribution in [0.3, 0.4) is 0 Å². The van der Waals surface area contributed by atoms with Crippen molar-refractivity contribution in [2.24, 2.45) is 5.73 Å². The van der Waals surface area contributed by atoms with Gasteiger partial charge >= 0.3 is 0 Å². The molecule has 2 nitrogen and oxygen atoms in total. The normalized spacial score (nSPS) is 9.73. The van der Waals surface area contributed by atoms with Crippen LogP contribution >= 0.6 is 0 Å². The highest BCUT2D eigenvalue weighted by Crippen LogP contribution is 2.14. The predicted molar refractivity (Wildman–Crippen MR) is 36.0 cm³/mol. The van der Waals surface area contributed by atoms with Crippen LogP contribution in [0.5, 0.6) is 5.75 Å². The van der Waals surface area contributed by atoms with E-state index in [4.69, 9.17) is 10.5 Å². The lowest BCUT2D eigenvalue weighted by atomic mass is 10.3. The second-order valence-corrected chi connectivity index (χ2v) is 1.89. The number of nitrogens with two attached hydrogens (primary N) is 1. The van der Waals surface area contributed by atoms with Gasteiger partial charge in [-0.15, -0.1) is 0 Å². The third kappa shape index (κ3) is 1.88. The van der Waals surface area contributed by atoms with E-state index in [9.17, 15) is 8.78 Å². The summed E-state index contributed by atoms with van der Waals surface area (Å²) in [5.41, 5.74) is 5.01. The molecule has 4 heteroatoms. The zero-order valence-corrected chi connectivity index (χ0v) is 5.68. The van der Waals surface area contributed by atoms with Gasteiger partial charge in [0.25, 0.3) is 0 Å². The topological polar surface area (TPSA) is 35.2 Å². The van der Waals surface area contributed by atoms with Gasteiger partial charge in [-0.05, 0) is 12.1 Å². The minimum absolute atomic E-state index is 0.0505. The Morgan fingerprint density at radius 2 is 2.00 bits per heavy atom. The molecule has 0 aliphatic rings. The molecule has 60 valence electrons. The van der Waals surface area contributed by atoms with Crippen LogP contribution in [0.4, 0.5) is 8.78 Å². The lowest BCUT2D eigenvalue weighted by Gasteiger charge is -2.01. The van der Waals surface area contributed by atoms with Crippen LogP contribution in [0.15, 0.2) is 18.2 Å². The lowest BCUT2D eigenvalue weighted by molar-refractivity contribution is 0.326. The smallest absolute Gasteiger partial charge is 0.162 e. The summed E-state index contributed by atoms with van der Waals surface area (Å²) in [5.74, 6) is -1.60. The van der Waals surface area contributed by atoms with Crippen LogP contribution in [0.25, 0.3) is 0 Å². The van der Waals surface area contributed by atoms with Crippen molar-refractivity contribution in [1.29, 1.82) is 0 Å². The molecule has 0 saturated carbocycles. The van der Waals surface area contributed by atoms with Crippen molar-refractivity contribution >= 4 is 0 Å². The number of hydrogen-bond donors (Lipinski definition) is 1. The fourth-order valence-electron chi connectivity index (χ4n) is 0.663. The Bertz CT molecular complexity index is 252. The quantitative estimate of drug-likeness (QED) is 0.659. The molecular formula is C7H7F2NO. The zero-order valence-electron chi connectivity index (χ0n) is 5.68. The predicted octanol–water partition coefficient (Wildman–Crippen LogP) is 1.26. The van der Waals surface area contributed by atoms with Gasteiger partial charge in [0.05, 0.1) is 0 Å². The first-order chi connectivity index (χ1) is 5.24. The molecular weight excluding hydrogens is 152 g/mol. The number of rotatable bonds is 2. The van der Waals surface area contributed by atoms with Gasteiger partial charge in [0, 0.05) is 6.07 Å². The fraction of sp³-hybridized carbons (Fsp3) is 0.143. The Labute approximate surface area is 62.6 Å². The van der Waals surface area contributed by atoms with Crippen LogP contribution in [0.1, 0.15) is 0 Å². The average Bonchev–Trinajstić information content (AvgIpc) is 1.98. The molecule has 0 saturated heterocycles. The van der Waals surface area contributed by atoms with Crippen LogP contribution in [-0.2, 0) is 0 Å². The maximum absolute atomic E-state index is 12.4. The first-order valence-corrected chi connectivity index (χ1v) is 3.02. The van der Waals surface area contributed by atoms with Gasteiger partial charge in [0.15, 0.2) is 11.6 Å². The van der Waals surface area contributed by atoms with Gasteiger partial charge in [-0.1, -0.05) is 0 Å². The van der Waals surface area contributed by atoms with Crippen LogP contribution in [0.2, 0.25) is 0 Å². The molecule has 0 aromatic heterocycles. The molecule has 0 bridgehead atoms. The molecule has 0 unspecified atom stereocenters. The highest BCUT2D eigenvalue weighted by Gasteiger charge is 2.01. The Kier molecular flexibility index (Phi) is 2.38. The Morgan fingerprint density at radius 1 is 1.27 bits per heavy atom. The van der Waals surface area contributed by atoms with Gasteiger partial charge in [-0.2, -0.15) is 0 Å². The molecule has 0 fully saturated rings. The number of ether oxygens (including phenoxy) is 1. The van der Waals surface area contributed by atoms with E-state index in [1.165, 1.54) is 6.07 Å². The number of halogens is 2.